The van der Waals surface area contributed by atoms with Gasteiger partial charge in [0, 0.05) is 5.56 Å². The molecule has 1 N–H and O–H groups in total. The second-order valence-electron chi connectivity index (χ2n) is 6.45. The monoisotopic (exact) mass is 388 g/mol. The summed E-state index contributed by atoms with van der Waals surface area (Å²) in [6.45, 7) is 3.73. The lowest BCUT2D eigenvalue weighted by atomic mass is 10.2. The van der Waals surface area contributed by atoms with Gasteiger partial charge in [-0.05, 0) is 43.3 Å². The lowest BCUT2D eigenvalue weighted by Crippen LogP contribution is -3.06. The molecule has 7 heteroatoms. The summed E-state index contributed by atoms with van der Waals surface area (Å²) in [5.41, 5.74) is 0.853. The van der Waals surface area contributed by atoms with Gasteiger partial charge in [-0.3, -0.25) is 9.69 Å². The number of amides is 1. The first-order valence-corrected chi connectivity index (χ1v) is 9.70. The molecule has 5 nitrogen and oxygen atoms in total. The molecule has 142 valence electrons. The molecule has 0 atom stereocenters. The van der Waals surface area contributed by atoms with Crippen LogP contribution in [-0.2, 0) is 0 Å². The molecule has 0 aliphatic heterocycles. The molecular formula is C20H23FN3O2S+. The number of fused-ring (bicyclic) bond motifs is 1. The van der Waals surface area contributed by atoms with Gasteiger partial charge in [0.25, 0.3) is 5.91 Å². The number of nitrogens with zero attached hydrogens (tertiary/aromatic N) is 2. The summed E-state index contributed by atoms with van der Waals surface area (Å²) in [5.74, 6) is 0.195. The molecule has 0 bridgehead atoms. The number of hydrogen-bond donors (Lipinski definition) is 1. The Morgan fingerprint density at radius 1 is 1.22 bits per heavy atom. The molecule has 0 fully saturated rings. The quantitative estimate of drug-likeness (QED) is 0.677. The number of para-hydroxylation sites is 1. The molecule has 0 spiro atoms. The molecule has 27 heavy (non-hydrogen) atoms. The van der Waals surface area contributed by atoms with Gasteiger partial charge in [-0.2, -0.15) is 0 Å². The van der Waals surface area contributed by atoms with Crippen LogP contribution in [-0.4, -0.2) is 44.7 Å². The summed E-state index contributed by atoms with van der Waals surface area (Å²) in [7, 11) is 4.05. The van der Waals surface area contributed by atoms with Gasteiger partial charge in [0.05, 0.1) is 38.5 Å². The van der Waals surface area contributed by atoms with Crippen LogP contribution in [0.15, 0.2) is 42.5 Å². The lowest BCUT2D eigenvalue weighted by Gasteiger charge is -2.20. The molecule has 0 saturated carbocycles. The number of likely N-dealkylation sites (N-methyl/N-ethyl adjacent to an activating group) is 1. The Kier molecular flexibility index (Phi) is 6.03. The zero-order valence-electron chi connectivity index (χ0n) is 15.7. The highest BCUT2D eigenvalue weighted by Gasteiger charge is 2.23. The topological polar surface area (TPSA) is 46.9 Å². The molecule has 1 heterocycles. The van der Waals surface area contributed by atoms with Crippen LogP contribution in [0.5, 0.6) is 5.75 Å². The SMILES string of the molecule is CCOc1ccc(C(=O)N(CC[NH+](C)C)c2nc3c(F)cccc3s2)cc1. The maximum Gasteiger partial charge on any atom is 0.260 e. The van der Waals surface area contributed by atoms with Crippen molar-refractivity contribution < 1.29 is 18.8 Å². The second-order valence-corrected chi connectivity index (χ2v) is 7.46. The average Bonchev–Trinajstić information content (AvgIpc) is 3.08. The highest BCUT2D eigenvalue weighted by Crippen LogP contribution is 2.31. The molecule has 0 aliphatic rings. The maximum absolute atomic E-state index is 14.0. The van der Waals surface area contributed by atoms with Gasteiger partial charge < -0.3 is 9.64 Å². The van der Waals surface area contributed by atoms with E-state index in [1.165, 1.54) is 22.3 Å². The highest BCUT2D eigenvalue weighted by molar-refractivity contribution is 7.22. The molecule has 0 saturated heterocycles. The largest absolute Gasteiger partial charge is 0.494 e. The van der Waals surface area contributed by atoms with E-state index in [1.54, 1.807) is 35.2 Å². The van der Waals surface area contributed by atoms with Gasteiger partial charge in [-0.1, -0.05) is 17.4 Å². The van der Waals surface area contributed by atoms with E-state index in [-0.39, 0.29) is 11.7 Å². The van der Waals surface area contributed by atoms with E-state index < -0.39 is 0 Å². The van der Waals surface area contributed by atoms with Crippen molar-refractivity contribution in [3.8, 4) is 5.75 Å². The van der Waals surface area contributed by atoms with E-state index in [4.69, 9.17) is 4.74 Å². The number of nitrogens with one attached hydrogen (secondary N) is 1. The van der Waals surface area contributed by atoms with Crippen molar-refractivity contribution in [1.82, 2.24) is 4.98 Å². The van der Waals surface area contributed by atoms with Crippen LogP contribution in [0.2, 0.25) is 0 Å². The lowest BCUT2D eigenvalue weighted by molar-refractivity contribution is -0.856. The normalized spacial score (nSPS) is 11.1. The first kappa shape index (κ1) is 19.3. The zero-order valence-corrected chi connectivity index (χ0v) is 16.5. The summed E-state index contributed by atoms with van der Waals surface area (Å²) in [4.78, 5) is 20.4. The van der Waals surface area contributed by atoms with E-state index in [9.17, 15) is 9.18 Å². The number of anilines is 1. The van der Waals surface area contributed by atoms with Crippen molar-refractivity contribution in [2.24, 2.45) is 0 Å². The second kappa shape index (κ2) is 8.45. The maximum atomic E-state index is 14.0. The summed E-state index contributed by atoms with van der Waals surface area (Å²) in [5, 5.41) is 0.509. The minimum absolute atomic E-state index is 0.154. The Balaban J connectivity index is 1.93. The number of ether oxygens (including phenoxy) is 1. The third-order valence-corrected chi connectivity index (χ3v) is 5.13. The van der Waals surface area contributed by atoms with Crippen molar-refractivity contribution in [2.75, 3.05) is 38.7 Å². The van der Waals surface area contributed by atoms with Crippen LogP contribution in [0.25, 0.3) is 10.2 Å². The van der Waals surface area contributed by atoms with Crippen molar-refractivity contribution in [2.45, 2.75) is 6.92 Å². The predicted octanol–water partition coefficient (Wildman–Crippen LogP) is 2.63. The summed E-state index contributed by atoms with van der Waals surface area (Å²) < 4.78 is 20.2. The van der Waals surface area contributed by atoms with Gasteiger partial charge in [-0.25, -0.2) is 9.37 Å². The third kappa shape index (κ3) is 4.43. The van der Waals surface area contributed by atoms with Crippen LogP contribution in [0.4, 0.5) is 9.52 Å². The summed E-state index contributed by atoms with van der Waals surface area (Å²) in [6, 6.07) is 11.9. The number of halogens is 1. The van der Waals surface area contributed by atoms with E-state index in [0.29, 0.717) is 29.4 Å². The molecule has 0 aliphatic carbocycles. The van der Waals surface area contributed by atoms with E-state index in [2.05, 4.69) is 4.98 Å². The fourth-order valence-electron chi connectivity index (χ4n) is 2.65. The first-order valence-electron chi connectivity index (χ1n) is 8.88. The van der Waals surface area contributed by atoms with E-state index >= 15 is 0 Å². The number of aromatic nitrogens is 1. The van der Waals surface area contributed by atoms with E-state index in [0.717, 1.165) is 17.0 Å². The first-order chi connectivity index (χ1) is 13.0. The highest BCUT2D eigenvalue weighted by atomic mass is 32.1. The number of benzene rings is 2. The van der Waals surface area contributed by atoms with Gasteiger partial charge >= 0.3 is 0 Å². The van der Waals surface area contributed by atoms with Crippen molar-refractivity contribution in [3.63, 3.8) is 0 Å². The van der Waals surface area contributed by atoms with Crippen LogP contribution in [0, 0.1) is 5.82 Å². The van der Waals surface area contributed by atoms with Crippen LogP contribution < -0.4 is 14.5 Å². The molecule has 1 amide bonds. The molecular weight excluding hydrogens is 365 g/mol. The van der Waals surface area contributed by atoms with Crippen LogP contribution in [0.3, 0.4) is 0 Å². The number of thiazole rings is 1. The zero-order chi connectivity index (χ0) is 19.4. The summed E-state index contributed by atoms with van der Waals surface area (Å²) in [6.07, 6.45) is 0. The fraction of sp³-hybridized carbons (Fsp3) is 0.300. The van der Waals surface area contributed by atoms with Gasteiger partial charge in [0.2, 0.25) is 0 Å². The smallest absolute Gasteiger partial charge is 0.260 e. The number of hydrogen-bond acceptors (Lipinski definition) is 4. The fourth-order valence-corrected chi connectivity index (χ4v) is 3.66. The number of quaternary nitrogens is 1. The number of carbonyl (C=O) groups is 1. The van der Waals surface area contributed by atoms with Crippen molar-refractivity contribution in [1.29, 1.82) is 0 Å². The Morgan fingerprint density at radius 3 is 2.59 bits per heavy atom. The Labute approximate surface area is 162 Å². The minimum Gasteiger partial charge on any atom is -0.494 e. The van der Waals surface area contributed by atoms with Crippen molar-refractivity contribution >= 4 is 32.6 Å². The third-order valence-electron chi connectivity index (χ3n) is 4.08. The van der Waals surface area contributed by atoms with Gasteiger partial charge in [-0.15, -0.1) is 0 Å². The van der Waals surface area contributed by atoms with Gasteiger partial charge in [0.15, 0.2) is 5.13 Å². The minimum atomic E-state index is -0.373. The average molecular weight is 388 g/mol. The van der Waals surface area contributed by atoms with Crippen LogP contribution >= 0.6 is 11.3 Å². The molecule has 3 aromatic rings. The van der Waals surface area contributed by atoms with Crippen LogP contribution in [0.1, 0.15) is 17.3 Å². The Morgan fingerprint density at radius 2 is 1.96 bits per heavy atom. The molecule has 0 radical (unpaired) electrons. The summed E-state index contributed by atoms with van der Waals surface area (Å²) >= 11 is 1.33. The predicted molar refractivity (Wildman–Crippen MR) is 107 cm³/mol. The van der Waals surface area contributed by atoms with Crippen molar-refractivity contribution in [3.05, 3.63) is 53.8 Å². The molecule has 2 aromatic carbocycles. The number of rotatable bonds is 7. The Bertz CT molecular complexity index is 925. The molecule has 1 aromatic heterocycles. The number of carbonyl (C=O) groups excluding carboxylic acids is 1. The Hall–Kier alpha value is -2.51. The van der Waals surface area contributed by atoms with Gasteiger partial charge in [0.1, 0.15) is 17.1 Å². The standard InChI is InChI=1S/C20H22FN3O2S/c1-4-26-15-10-8-14(9-11-15)19(25)24(13-12-23(2)3)20-22-18-16(21)6-5-7-17(18)27-20/h5-11H,4,12-13H2,1-3H3/p+1. The molecule has 0 unspecified atom stereocenters. The van der Waals surface area contributed by atoms with E-state index in [1.807, 2.05) is 27.1 Å². The molecule has 3 rings (SSSR count).